The maximum Gasteiger partial charge on any atom is 0.334 e. The first-order valence-corrected chi connectivity index (χ1v) is 9.14. The fourth-order valence-corrected chi connectivity index (χ4v) is 4.13. The zero-order valence-electron chi connectivity index (χ0n) is 13.9. The smallest absolute Gasteiger partial charge is 0.334 e. The van der Waals surface area contributed by atoms with E-state index >= 15 is 0 Å². The van der Waals surface area contributed by atoms with E-state index in [4.69, 9.17) is 11.6 Å². The summed E-state index contributed by atoms with van der Waals surface area (Å²) in [7, 11) is 0. The molecule has 0 amide bonds. The van der Waals surface area contributed by atoms with E-state index < -0.39 is 5.69 Å². The molecule has 2 aliphatic rings. The maximum absolute atomic E-state index is 12.4. The van der Waals surface area contributed by atoms with Crippen molar-refractivity contribution in [3.63, 3.8) is 0 Å². The molecule has 0 saturated heterocycles. The third-order valence-corrected chi connectivity index (χ3v) is 5.52. The Bertz CT molecular complexity index is 899. The molecule has 132 valence electrons. The predicted octanol–water partition coefficient (Wildman–Crippen LogP) is 2.70. The van der Waals surface area contributed by atoms with Gasteiger partial charge in [0.25, 0.3) is 5.56 Å². The van der Waals surface area contributed by atoms with E-state index in [0.29, 0.717) is 41.3 Å². The van der Waals surface area contributed by atoms with E-state index in [2.05, 4.69) is 15.2 Å². The molecule has 6 nitrogen and oxygen atoms in total. The quantitative estimate of drug-likeness (QED) is 0.863. The lowest BCUT2D eigenvalue weighted by molar-refractivity contribution is 0.152. The Hall–Kier alpha value is -2.05. The van der Waals surface area contributed by atoms with Crippen molar-refractivity contribution in [3.05, 3.63) is 55.7 Å². The van der Waals surface area contributed by atoms with Gasteiger partial charge in [-0.25, -0.2) is 9.36 Å². The highest BCUT2D eigenvalue weighted by molar-refractivity contribution is 6.32. The van der Waals surface area contributed by atoms with Crippen molar-refractivity contribution >= 4 is 17.4 Å². The van der Waals surface area contributed by atoms with Crippen molar-refractivity contribution in [1.29, 1.82) is 0 Å². The number of nitrogens with one attached hydrogen (secondary N) is 2. The molecule has 1 aliphatic heterocycles. The molecular weight excluding hydrogens is 340 g/mol. The van der Waals surface area contributed by atoms with Crippen molar-refractivity contribution < 1.29 is 0 Å². The van der Waals surface area contributed by atoms with Gasteiger partial charge in [-0.2, -0.15) is 0 Å². The number of halogens is 1. The predicted molar refractivity (Wildman–Crippen MR) is 98.6 cm³/mol. The van der Waals surface area contributed by atoms with Crippen LogP contribution in [0, 0.1) is 0 Å². The Kier molecular flexibility index (Phi) is 4.39. The summed E-state index contributed by atoms with van der Waals surface area (Å²) in [5.74, 6) is 0.550. The molecule has 2 N–H and O–H groups in total. The molecule has 4 rings (SSSR count). The number of aromatic nitrogens is 2. The van der Waals surface area contributed by atoms with Gasteiger partial charge in [0.1, 0.15) is 5.82 Å². The number of hydrogen-bond donors (Lipinski definition) is 2. The summed E-state index contributed by atoms with van der Waals surface area (Å²) in [6.45, 7) is 1.18. The molecule has 0 unspecified atom stereocenters. The molecule has 2 aromatic rings. The highest BCUT2D eigenvalue weighted by atomic mass is 35.5. The molecule has 1 saturated carbocycles. The van der Waals surface area contributed by atoms with Crippen molar-refractivity contribution in [2.45, 2.75) is 44.7 Å². The van der Waals surface area contributed by atoms with Crippen LogP contribution in [0.4, 0.5) is 5.82 Å². The van der Waals surface area contributed by atoms with E-state index in [0.717, 1.165) is 0 Å². The van der Waals surface area contributed by atoms with Crippen LogP contribution in [0.15, 0.2) is 33.9 Å². The highest BCUT2D eigenvalue weighted by Gasteiger charge is 2.28. The summed E-state index contributed by atoms with van der Waals surface area (Å²) in [6.07, 6.45) is 6.10. The molecule has 0 bridgehead atoms. The van der Waals surface area contributed by atoms with E-state index in [1.807, 2.05) is 12.1 Å². The van der Waals surface area contributed by atoms with Crippen molar-refractivity contribution in [2.75, 3.05) is 12.0 Å². The van der Waals surface area contributed by atoms with Crippen LogP contribution >= 0.6 is 11.6 Å². The number of hydrogen-bond acceptors (Lipinski definition) is 4. The van der Waals surface area contributed by atoms with Gasteiger partial charge in [-0.15, -0.1) is 0 Å². The number of para-hydroxylation sites is 1. The SMILES string of the molecule is O=c1[nH]c(=O)n(-c2ccccc2Cl)c2c1CN(C1CCCCC1)CN2. The first kappa shape index (κ1) is 16.4. The lowest BCUT2D eigenvalue weighted by Gasteiger charge is -2.38. The Morgan fingerprint density at radius 1 is 1.08 bits per heavy atom. The molecule has 1 aromatic carbocycles. The maximum atomic E-state index is 12.4. The van der Waals surface area contributed by atoms with Crippen LogP contribution in [0.25, 0.3) is 5.69 Å². The summed E-state index contributed by atoms with van der Waals surface area (Å²) in [6, 6.07) is 7.64. The summed E-state index contributed by atoms with van der Waals surface area (Å²) in [4.78, 5) is 29.6. The largest absolute Gasteiger partial charge is 0.358 e. The molecule has 0 atom stereocenters. The average Bonchev–Trinajstić information content (AvgIpc) is 2.64. The molecule has 1 aliphatic carbocycles. The van der Waals surface area contributed by atoms with E-state index in [9.17, 15) is 9.59 Å². The molecule has 0 radical (unpaired) electrons. The molecular formula is C18H21ClN4O2. The van der Waals surface area contributed by atoms with Gasteiger partial charge in [-0.05, 0) is 25.0 Å². The lowest BCUT2D eigenvalue weighted by atomic mass is 9.94. The van der Waals surface area contributed by atoms with Crippen LogP contribution in [0.1, 0.15) is 37.7 Å². The minimum absolute atomic E-state index is 0.323. The van der Waals surface area contributed by atoms with Crippen molar-refractivity contribution in [1.82, 2.24) is 14.5 Å². The monoisotopic (exact) mass is 360 g/mol. The van der Waals surface area contributed by atoms with Crippen molar-refractivity contribution in [3.8, 4) is 5.69 Å². The number of benzene rings is 1. The second-order valence-corrected chi connectivity index (χ2v) is 7.15. The normalized spacial score (nSPS) is 18.6. The second-order valence-electron chi connectivity index (χ2n) is 6.75. The summed E-state index contributed by atoms with van der Waals surface area (Å²) >= 11 is 6.27. The molecule has 1 aromatic heterocycles. The first-order valence-electron chi connectivity index (χ1n) is 8.76. The number of anilines is 1. The van der Waals surface area contributed by atoms with E-state index in [1.165, 1.54) is 36.7 Å². The third-order valence-electron chi connectivity index (χ3n) is 5.20. The molecule has 0 spiro atoms. The molecule has 7 heteroatoms. The summed E-state index contributed by atoms with van der Waals surface area (Å²) in [5.41, 5.74) is 0.364. The zero-order valence-corrected chi connectivity index (χ0v) is 14.7. The van der Waals surface area contributed by atoms with Crippen LogP contribution in [0.3, 0.4) is 0 Å². The molecule has 25 heavy (non-hydrogen) atoms. The van der Waals surface area contributed by atoms with Gasteiger partial charge in [-0.1, -0.05) is 43.0 Å². The third kappa shape index (κ3) is 3.00. The van der Waals surface area contributed by atoms with Gasteiger partial charge in [-0.3, -0.25) is 14.7 Å². The van der Waals surface area contributed by atoms with Gasteiger partial charge < -0.3 is 5.32 Å². The molecule has 2 heterocycles. The second kappa shape index (κ2) is 6.69. The number of nitrogens with zero attached hydrogens (tertiary/aromatic N) is 2. The van der Waals surface area contributed by atoms with Gasteiger partial charge >= 0.3 is 5.69 Å². The number of aromatic amines is 1. The van der Waals surface area contributed by atoms with Gasteiger partial charge in [0.15, 0.2) is 0 Å². The van der Waals surface area contributed by atoms with Gasteiger partial charge in [0, 0.05) is 12.6 Å². The van der Waals surface area contributed by atoms with Gasteiger partial charge in [0.05, 0.1) is 22.9 Å². The Morgan fingerprint density at radius 3 is 2.60 bits per heavy atom. The first-order chi connectivity index (χ1) is 12.1. The fourth-order valence-electron chi connectivity index (χ4n) is 3.91. The minimum Gasteiger partial charge on any atom is -0.358 e. The van der Waals surface area contributed by atoms with Gasteiger partial charge in [0.2, 0.25) is 0 Å². The van der Waals surface area contributed by atoms with Crippen LogP contribution in [0.5, 0.6) is 0 Å². The fraction of sp³-hybridized carbons (Fsp3) is 0.444. The van der Waals surface area contributed by atoms with Crippen LogP contribution in [-0.2, 0) is 6.54 Å². The average molecular weight is 361 g/mol. The van der Waals surface area contributed by atoms with Crippen LogP contribution in [-0.4, -0.2) is 27.2 Å². The standard InChI is InChI=1S/C18H21ClN4O2/c19-14-8-4-5-9-15(14)23-16-13(17(24)21-18(23)25)10-22(11-20-16)12-6-2-1-3-7-12/h4-5,8-9,12,20H,1-3,6-7,10-11H2,(H,21,24,25). The van der Waals surface area contributed by atoms with E-state index in [1.54, 1.807) is 12.1 Å². The Labute approximate surface area is 150 Å². The number of rotatable bonds is 2. The number of H-pyrrole nitrogens is 1. The topological polar surface area (TPSA) is 70.1 Å². The Morgan fingerprint density at radius 2 is 1.84 bits per heavy atom. The minimum atomic E-state index is -0.476. The lowest BCUT2D eigenvalue weighted by Crippen LogP contribution is -2.47. The van der Waals surface area contributed by atoms with Crippen LogP contribution < -0.4 is 16.6 Å². The van der Waals surface area contributed by atoms with Crippen molar-refractivity contribution in [2.24, 2.45) is 0 Å². The van der Waals surface area contributed by atoms with E-state index in [-0.39, 0.29) is 5.56 Å². The summed E-state index contributed by atoms with van der Waals surface area (Å²) < 4.78 is 1.47. The summed E-state index contributed by atoms with van der Waals surface area (Å²) in [5, 5.41) is 3.76. The zero-order chi connectivity index (χ0) is 17.4. The molecule has 1 fully saturated rings. The number of fused-ring (bicyclic) bond motifs is 1. The Balaban J connectivity index is 1.77. The van der Waals surface area contributed by atoms with Crippen LogP contribution in [0.2, 0.25) is 5.02 Å². The highest BCUT2D eigenvalue weighted by Crippen LogP contribution is 2.29.